The summed E-state index contributed by atoms with van der Waals surface area (Å²) in [5.74, 6) is -1.83. The highest BCUT2D eigenvalue weighted by atomic mass is 16.4. The zero-order chi connectivity index (χ0) is 14.3. The molecule has 2 aromatic rings. The van der Waals surface area contributed by atoms with Crippen LogP contribution in [0.4, 0.5) is 5.69 Å². The lowest BCUT2D eigenvalue weighted by molar-refractivity contribution is -0.138. The Kier molecular flexibility index (Phi) is 2.78. The van der Waals surface area contributed by atoms with Crippen molar-refractivity contribution >= 4 is 17.6 Å². The number of carboxylic acid groups (broad SMARTS) is 1. The average Bonchev–Trinajstić information content (AvgIpc) is 3.01. The second-order valence-corrected chi connectivity index (χ2v) is 4.71. The number of nitrogens with zero attached hydrogens (tertiary/aromatic N) is 3. The minimum atomic E-state index is -0.919. The Morgan fingerprint density at radius 1 is 1.30 bits per heavy atom. The summed E-state index contributed by atoms with van der Waals surface area (Å²) in [5.41, 5.74) is 1.77. The lowest BCUT2D eigenvalue weighted by Crippen LogP contribution is -2.32. The maximum Gasteiger partial charge on any atom is 0.312 e. The first-order valence-corrected chi connectivity index (χ1v) is 6.21. The van der Waals surface area contributed by atoms with Crippen LogP contribution in [-0.4, -0.2) is 33.3 Å². The third-order valence-corrected chi connectivity index (χ3v) is 3.55. The minimum Gasteiger partial charge on any atom is -0.481 e. The summed E-state index contributed by atoms with van der Waals surface area (Å²) in [5, 5.41) is 13.3. The molecule has 2 heterocycles. The number of fused-ring (bicyclic) bond motifs is 1. The van der Waals surface area contributed by atoms with E-state index in [-0.39, 0.29) is 12.5 Å². The van der Waals surface area contributed by atoms with Crippen molar-refractivity contribution in [1.82, 2.24) is 9.78 Å². The average molecular weight is 271 g/mol. The molecule has 0 spiro atoms. The van der Waals surface area contributed by atoms with Crippen molar-refractivity contribution < 1.29 is 14.7 Å². The highest BCUT2D eigenvalue weighted by Gasteiger charge is 2.37. The molecular weight excluding hydrogens is 258 g/mol. The smallest absolute Gasteiger partial charge is 0.312 e. The van der Waals surface area contributed by atoms with Crippen molar-refractivity contribution in [1.29, 1.82) is 0 Å². The van der Waals surface area contributed by atoms with Gasteiger partial charge in [-0.05, 0) is 17.7 Å². The molecular formula is C14H13N3O3. The number of carbonyl (C=O) groups excluding carboxylic acids is 1. The predicted molar refractivity (Wildman–Crippen MR) is 71.7 cm³/mol. The third-order valence-electron chi connectivity index (χ3n) is 3.55. The molecule has 20 heavy (non-hydrogen) atoms. The first-order valence-electron chi connectivity index (χ1n) is 6.21. The second-order valence-electron chi connectivity index (χ2n) is 4.71. The molecule has 0 saturated heterocycles. The molecule has 0 saturated carbocycles. The van der Waals surface area contributed by atoms with E-state index in [1.54, 1.807) is 43.6 Å². The number of rotatable bonds is 2. The number of benzene rings is 1. The van der Waals surface area contributed by atoms with Crippen molar-refractivity contribution in [3.05, 3.63) is 47.8 Å². The van der Waals surface area contributed by atoms with Crippen molar-refractivity contribution in [2.75, 3.05) is 11.4 Å². The van der Waals surface area contributed by atoms with Crippen molar-refractivity contribution in [3.63, 3.8) is 0 Å². The van der Waals surface area contributed by atoms with E-state index in [2.05, 4.69) is 5.10 Å². The number of para-hydroxylation sites is 1. The van der Waals surface area contributed by atoms with Crippen molar-refractivity contribution in [2.24, 2.45) is 7.05 Å². The molecule has 6 heteroatoms. The number of carbonyl (C=O) groups is 2. The lowest BCUT2D eigenvalue weighted by Gasteiger charge is -2.17. The summed E-state index contributed by atoms with van der Waals surface area (Å²) < 4.78 is 1.49. The van der Waals surface area contributed by atoms with Crippen LogP contribution in [0.1, 0.15) is 22.0 Å². The largest absolute Gasteiger partial charge is 0.481 e. The standard InChI is InChI=1S/C14H13N3O3/c1-16-12(6-7-15-16)13(18)17-8-10(14(19)20)9-4-2-3-5-11(9)17/h2-7,10H,8H2,1H3,(H,19,20). The number of hydrogen-bond donors (Lipinski definition) is 1. The van der Waals surface area contributed by atoms with Gasteiger partial charge in [0.2, 0.25) is 0 Å². The SMILES string of the molecule is Cn1nccc1C(=O)N1CC(C(=O)O)c2ccccc21. The summed E-state index contributed by atoms with van der Waals surface area (Å²) in [6, 6.07) is 8.73. The van der Waals surface area contributed by atoms with Gasteiger partial charge in [0, 0.05) is 25.5 Å². The number of aromatic nitrogens is 2. The number of aliphatic carboxylic acids is 1. The van der Waals surface area contributed by atoms with Crippen LogP contribution in [0.15, 0.2) is 36.5 Å². The molecule has 0 fully saturated rings. The Hall–Kier alpha value is -2.63. The van der Waals surface area contributed by atoms with E-state index in [9.17, 15) is 14.7 Å². The number of hydrogen-bond acceptors (Lipinski definition) is 3. The molecule has 1 aromatic carbocycles. The first-order chi connectivity index (χ1) is 9.59. The van der Waals surface area contributed by atoms with Crippen molar-refractivity contribution in [3.8, 4) is 0 Å². The highest BCUT2D eigenvalue weighted by Crippen LogP contribution is 2.36. The summed E-state index contributed by atoms with van der Waals surface area (Å²) >= 11 is 0. The molecule has 6 nitrogen and oxygen atoms in total. The molecule has 0 aliphatic carbocycles. The fourth-order valence-corrected chi connectivity index (χ4v) is 2.53. The first kappa shape index (κ1) is 12.4. The van der Waals surface area contributed by atoms with Gasteiger partial charge in [-0.3, -0.25) is 14.3 Å². The van der Waals surface area contributed by atoms with Crippen LogP contribution >= 0.6 is 0 Å². The fourth-order valence-electron chi connectivity index (χ4n) is 2.53. The van der Waals surface area contributed by atoms with Crippen LogP contribution in [0.3, 0.4) is 0 Å². The van der Waals surface area contributed by atoms with Gasteiger partial charge in [0.05, 0.1) is 0 Å². The maximum absolute atomic E-state index is 12.5. The highest BCUT2D eigenvalue weighted by molar-refractivity contribution is 6.07. The molecule has 1 aromatic heterocycles. The molecule has 1 aliphatic rings. The van der Waals surface area contributed by atoms with Gasteiger partial charge in [-0.25, -0.2) is 0 Å². The Morgan fingerprint density at radius 3 is 2.70 bits per heavy atom. The zero-order valence-electron chi connectivity index (χ0n) is 10.9. The minimum absolute atomic E-state index is 0.151. The molecule has 102 valence electrons. The predicted octanol–water partition coefficient (Wildman–Crippen LogP) is 1.25. The van der Waals surface area contributed by atoms with E-state index in [4.69, 9.17) is 0 Å². The van der Waals surface area contributed by atoms with E-state index in [0.29, 0.717) is 16.9 Å². The third kappa shape index (κ3) is 1.77. The Balaban J connectivity index is 2.03. The van der Waals surface area contributed by atoms with Gasteiger partial charge in [0.15, 0.2) is 0 Å². The molecule has 1 unspecified atom stereocenters. The van der Waals surface area contributed by atoms with Gasteiger partial charge >= 0.3 is 5.97 Å². The van der Waals surface area contributed by atoms with Gasteiger partial charge in [0.1, 0.15) is 11.6 Å². The second kappa shape index (κ2) is 4.48. The van der Waals surface area contributed by atoms with E-state index in [0.717, 1.165) is 0 Å². The quantitative estimate of drug-likeness (QED) is 0.892. The lowest BCUT2D eigenvalue weighted by atomic mass is 10.0. The van der Waals surface area contributed by atoms with Crippen LogP contribution in [-0.2, 0) is 11.8 Å². The van der Waals surface area contributed by atoms with Gasteiger partial charge in [-0.2, -0.15) is 5.10 Å². The molecule has 1 atom stereocenters. The topological polar surface area (TPSA) is 75.4 Å². The molecule has 3 rings (SSSR count). The van der Waals surface area contributed by atoms with Crippen LogP contribution in [0.2, 0.25) is 0 Å². The van der Waals surface area contributed by atoms with Crippen LogP contribution in [0.5, 0.6) is 0 Å². The van der Waals surface area contributed by atoms with Crippen LogP contribution in [0.25, 0.3) is 0 Å². The molecule has 1 N–H and O–H groups in total. The Bertz CT molecular complexity index is 692. The summed E-state index contributed by atoms with van der Waals surface area (Å²) in [6.07, 6.45) is 1.55. The summed E-state index contributed by atoms with van der Waals surface area (Å²) in [6.45, 7) is 0.151. The maximum atomic E-state index is 12.5. The van der Waals surface area contributed by atoms with Gasteiger partial charge in [0.25, 0.3) is 5.91 Å². The Labute approximate surface area is 115 Å². The van der Waals surface area contributed by atoms with E-state index >= 15 is 0 Å². The summed E-state index contributed by atoms with van der Waals surface area (Å²) in [7, 11) is 1.68. The van der Waals surface area contributed by atoms with Gasteiger partial charge in [-0.15, -0.1) is 0 Å². The van der Waals surface area contributed by atoms with E-state index in [1.807, 2.05) is 0 Å². The van der Waals surface area contributed by atoms with Gasteiger partial charge in [-0.1, -0.05) is 18.2 Å². The monoisotopic (exact) mass is 271 g/mol. The van der Waals surface area contributed by atoms with Crippen molar-refractivity contribution in [2.45, 2.75) is 5.92 Å². The molecule has 1 aliphatic heterocycles. The normalized spacial score (nSPS) is 17.1. The van der Waals surface area contributed by atoms with E-state index < -0.39 is 11.9 Å². The fraction of sp³-hybridized carbons (Fsp3) is 0.214. The number of amides is 1. The number of aryl methyl sites for hydroxylation is 1. The Morgan fingerprint density at radius 2 is 2.05 bits per heavy atom. The molecule has 1 amide bonds. The van der Waals surface area contributed by atoms with Crippen LogP contribution < -0.4 is 4.90 Å². The van der Waals surface area contributed by atoms with Crippen LogP contribution in [0, 0.1) is 0 Å². The van der Waals surface area contributed by atoms with Gasteiger partial charge < -0.3 is 10.0 Å². The van der Waals surface area contributed by atoms with E-state index in [1.165, 1.54) is 9.58 Å². The zero-order valence-corrected chi connectivity index (χ0v) is 10.9. The number of carboxylic acids is 1. The number of anilines is 1. The molecule has 0 bridgehead atoms. The summed E-state index contributed by atoms with van der Waals surface area (Å²) in [4.78, 5) is 25.4. The molecule has 0 radical (unpaired) electrons.